The number of aromatic nitrogens is 1. The molecule has 1 aliphatic heterocycles. The van der Waals surface area contributed by atoms with Crippen molar-refractivity contribution in [1.82, 2.24) is 14.8 Å². The van der Waals surface area contributed by atoms with Crippen LogP contribution in [-0.4, -0.2) is 35.6 Å². The van der Waals surface area contributed by atoms with Gasteiger partial charge in [0, 0.05) is 45.1 Å². The summed E-state index contributed by atoms with van der Waals surface area (Å²) >= 11 is 0. The molecule has 1 saturated heterocycles. The van der Waals surface area contributed by atoms with E-state index in [0.29, 0.717) is 6.04 Å². The Hall–Kier alpha value is -0.480. The fraction of sp³-hybridized carbons (Fsp3) is 0.571. The summed E-state index contributed by atoms with van der Waals surface area (Å²) in [6.07, 6.45) is 3.18. The van der Waals surface area contributed by atoms with E-state index in [4.69, 9.17) is 0 Å². The summed E-state index contributed by atoms with van der Waals surface area (Å²) in [4.78, 5) is 2.57. The summed E-state index contributed by atoms with van der Waals surface area (Å²) in [6, 6.07) is 4.84. The average Bonchev–Trinajstić information content (AvgIpc) is 2.73. The number of halogens is 2. The predicted molar refractivity (Wildman–Crippen MR) is 86.5 cm³/mol. The van der Waals surface area contributed by atoms with Gasteiger partial charge in [-0.25, -0.2) is 0 Å². The van der Waals surface area contributed by atoms with Gasteiger partial charge in [-0.3, -0.25) is 4.90 Å². The van der Waals surface area contributed by atoms with E-state index in [1.165, 1.54) is 11.3 Å². The molecule has 0 spiro atoms. The number of piperazine rings is 1. The second-order valence-electron chi connectivity index (χ2n) is 5.01. The number of hydrogen-bond acceptors (Lipinski definition) is 2. The van der Waals surface area contributed by atoms with Crippen LogP contribution in [0.3, 0.4) is 0 Å². The minimum atomic E-state index is 0. The van der Waals surface area contributed by atoms with Crippen molar-refractivity contribution in [1.29, 1.82) is 0 Å². The maximum atomic E-state index is 4.08. The van der Waals surface area contributed by atoms with Crippen LogP contribution in [0.15, 0.2) is 30.5 Å². The summed E-state index contributed by atoms with van der Waals surface area (Å²) in [5.41, 5.74) is 2.66. The van der Waals surface area contributed by atoms with Gasteiger partial charge >= 0.3 is 0 Å². The highest BCUT2D eigenvalue weighted by Gasteiger charge is 2.23. The van der Waals surface area contributed by atoms with E-state index in [1.807, 2.05) is 0 Å². The van der Waals surface area contributed by atoms with Gasteiger partial charge in [0.1, 0.15) is 0 Å². The number of aryl methyl sites for hydroxylation is 1. The van der Waals surface area contributed by atoms with Gasteiger partial charge in [0.2, 0.25) is 0 Å². The standard InChI is InChI=1S/C14H23N3.2ClH/c1-12(2)11-14(13-5-4-8-16(13)3)17-9-6-15-7-10-17;;/h4-5,8,14-15H,1,6-7,9-11H2,2-3H3;2*1H/t14-;;/m1../s1. The van der Waals surface area contributed by atoms with Crippen LogP contribution in [0.2, 0.25) is 0 Å². The number of nitrogens with zero attached hydrogens (tertiary/aromatic N) is 2. The smallest absolute Gasteiger partial charge is 0.0538 e. The average molecular weight is 306 g/mol. The van der Waals surface area contributed by atoms with Crippen LogP contribution in [0.25, 0.3) is 0 Å². The topological polar surface area (TPSA) is 20.2 Å². The molecule has 2 rings (SSSR count). The van der Waals surface area contributed by atoms with Gasteiger partial charge in [-0.05, 0) is 25.5 Å². The minimum absolute atomic E-state index is 0. The highest BCUT2D eigenvalue weighted by Crippen LogP contribution is 2.27. The highest BCUT2D eigenvalue weighted by molar-refractivity contribution is 5.85. The summed E-state index contributed by atoms with van der Waals surface area (Å²) in [5.74, 6) is 0. The van der Waals surface area contributed by atoms with Crippen LogP contribution in [0.4, 0.5) is 0 Å². The summed E-state index contributed by atoms with van der Waals surface area (Å²) in [7, 11) is 2.13. The zero-order valence-corrected chi connectivity index (χ0v) is 13.4. The molecule has 0 radical (unpaired) electrons. The Morgan fingerprint density at radius 3 is 2.47 bits per heavy atom. The van der Waals surface area contributed by atoms with E-state index in [0.717, 1.165) is 32.6 Å². The Morgan fingerprint density at radius 2 is 2.00 bits per heavy atom. The third kappa shape index (κ3) is 4.84. The molecule has 1 atom stereocenters. The molecule has 1 aromatic rings. The van der Waals surface area contributed by atoms with E-state index < -0.39 is 0 Å². The quantitative estimate of drug-likeness (QED) is 0.863. The molecule has 19 heavy (non-hydrogen) atoms. The Morgan fingerprint density at radius 1 is 1.37 bits per heavy atom. The lowest BCUT2D eigenvalue weighted by Gasteiger charge is -2.35. The number of hydrogen-bond donors (Lipinski definition) is 1. The lowest BCUT2D eigenvalue weighted by atomic mass is 10.0. The van der Waals surface area contributed by atoms with E-state index >= 15 is 0 Å². The first kappa shape index (κ1) is 18.5. The Bertz CT molecular complexity index is 384. The Kier molecular flexibility index (Phi) is 8.42. The Balaban J connectivity index is 0.00000162. The van der Waals surface area contributed by atoms with E-state index in [9.17, 15) is 0 Å². The number of rotatable bonds is 4. The molecule has 1 fully saturated rings. The second-order valence-corrected chi connectivity index (χ2v) is 5.01. The van der Waals surface area contributed by atoms with E-state index in [1.54, 1.807) is 0 Å². The van der Waals surface area contributed by atoms with Crippen LogP contribution < -0.4 is 5.32 Å². The molecule has 1 N–H and O–H groups in total. The molecular weight excluding hydrogens is 281 g/mol. The summed E-state index contributed by atoms with van der Waals surface area (Å²) in [6.45, 7) is 10.6. The normalized spacial score (nSPS) is 17.2. The predicted octanol–water partition coefficient (Wildman–Crippen LogP) is 2.78. The van der Waals surface area contributed by atoms with Gasteiger partial charge in [0.05, 0.1) is 6.04 Å². The molecule has 0 amide bonds. The molecule has 0 aromatic carbocycles. The zero-order valence-electron chi connectivity index (χ0n) is 11.8. The first-order valence-electron chi connectivity index (χ1n) is 6.39. The molecule has 3 nitrogen and oxygen atoms in total. The van der Waals surface area contributed by atoms with Crippen molar-refractivity contribution >= 4 is 24.8 Å². The van der Waals surface area contributed by atoms with Gasteiger partial charge in [0.25, 0.3) is 0 Å². The molecule has 0 bridgehead atoms. The van der Waals surface area contributed by atoms with Crippen molar-refractivity contribution in [2.45, 2.75) is 19.4 Å². The fourth-order valence-electron chi connectivity index (χ4n) is 2.57. The van der Waals surface area contributed by atoms with Crippen LogP contribution in [-0.2, 0) is 7.05 Å². The molecule has 1 aromatic heterocycles. The van der Waals surface area contributed by atoms with Gasteiger partial charge in [-0.2, -0.15) is 0 Å². The first-order valence-corrected chi connectivity index (χ1v) is 6.39. The van der Waals surface area contributed by atoms with Gasteiger partial charge in [-0.1, -0.05) is 5.57 Å². The Labute approximate surface area is 128 Å². The second kappa shape index (κ2) is 8.64. The third-order valence-electron chi connectivity index (χ3n) is 3.46. The van der Waals surface area contributed by atoms with Crippen molar-refractivity contribution in [2.24, 2.45) is 7.05 Å². The van der Waals surface area contributed by atoms with Crippen molar-refractivity contribution in [2.75, 3.05) is 26.2 Å². The maximum Gasteiger partial charge on any atom is 0.0538 e. The molecule has 0 aliphatic carbocycles. The van der Waals surface area contributed by atoms with E-state index in [-0.39, 0.29) is 24.8 Å². The molecule has 0 saturated carbocycles. The molecule has 110 valence electrons. The largest absolute Gasteiger partial charge is 0.353 e. The van der Waals surface area contributed by atoms with Gasteiger partial charge in [0.15, 0.2) is 0 Å². The van der Waals surface area contributed by atoms with Crippen molar-refractivity contribution < 1.29 is 0 Å². The van der Waals surface area contributed by atoms with E-state index in [2.05, 4.69) is 53.7 Å². The van der Waals surface area contributed by atoms with Gasteiger partial charge in [-0.15, -0.1) is 31.4 Å². The number of nitrogens with one attached hydrogen (secondary N) is 1. The van der Waals surface area contributed by atoms with Crippen LogP contribution in [0.1, 0.15) is 25.1 Å². The SMILES string of the molecule is C=C(C)C[C@H](c1cccn1C)N1CCNCC1.Cl.Cl. The molecule has 0 unspecified atom stereocenters. The highest BCUT2D eigenvalue weighted by atomic mass is 35.5. The maximum absolute atomic E-state index is 4.08. The van der Waals surface area contributed by atoms with Crippen LogP contribution >= 0.6 is 24.8 Å². The zero-order chi connectivity index (χ0) is 12.3. The molecule has 2 heterocycles. The summed E-state index contributed by atoms with van der Waals surface area (Å²) < 4.78 is 2.23. The van der Waals surface area contributed by atoms with Crippen molar-refractivity contribution in [3.63, 3.8) is 0 Å². The minimum Gasteiger partial charge on any atom is -0.353 e. The van der Waals surface area contributed by atoms with Crippen LogP contribution in [0.5, 0.6) is 0 Å². The summed E-state index contributed by atoms with van der Waals surface area (Å²) in [5, 5.41) is 3.41. The first-order chi connectivity index (χ1) is 8.18. The molecule has 5 heteroatoms. The van der Waals surface area contributed by atoms with Crippen molar-refractivity contribution in [3.05, 3.63) is 36.2 Å². The van der Waals surface area contributed by atoms with Crippen molar-refractivity contribution in [3.8, 4) is 0 Å². The third-order valence-corrected chi connectivity index (χ3v) is 3.46. The fourth-order valence-corrected chi connectivity index (χ4v) is 2.57. The monoisotopic (exact) mass is 305 g/mol. The lowest BCUT2D eigenvalue weighted by Crippen LogP contribution is -2.45. The lowest BCUT2D eigenvalue weighted by molar-refractivity contribution is 0.167. The van der Waals surface area contributed by atoms with Crippen LogP contribution in [0, 0.1) is 0 Å². The van der Waals surface area contributed by atoms with Gasteiger partial charge < -0.3 is 9.88 Å². The molecule has 1 aliphatic rings. The molecular formula is C14H25Cl2N3.